The Labute approximate surface area is 105 Å². The lowest BCUT2D eigenvalue weighted by Gasteiger charge is -2.29. The molecule has 1 aromatic rings. The summed E-state index contributed by atoms with van der Waals surface area (Å²) < 4.78 is 0. The number of rotatable bonds is 2. The molecule has 17 heavy (non-hydrogen) atoms. The topological polar surface area (TPSA) is 16.1 Å². The van der Waals surface area contributed by atoms with Gasteiger partial charge in [0.15, 0.2) is 0 Å². The maximum atomic E-state index is 4.85. The lowest BCUT2D eigenvalue weighted by atomic mass is 9.90. The van der Waals surface area contributed by atoms with Crippen LogP contribution in [0.5, 0.6) is 0 Å². The van der Waals surface area contributed by atoms with E-state index in [4.69, 9.17) is 4.98 Å². The molecule has 1 aliphatic rings. The Balaban J connectivity index is 2.20. The number of hydrogen-bond acceptors (Lipinski definition) is 2. The van der Waals surface area contributed by atoms with E-state index in [0.29, 0.717) is 0 Å². The van der Waals surface area contributed by atoms with Crippen molar-refractivity contribution in [3.63, 3.8) is 0 Å². The molecule has 0 fully saturated rings. The lowest BCUT2D eigenvalue weighted by molar-refractivity contribution is 0.252. The summed E-state index contributed by atoms with van der Waals surface area (Å²) in [5.74, 6) is 0. The molecule has 0 atom stereocenters. The molecule has 0 saturated heterocycles. The van der Waals surface area contributed by atoms with Gasteiger partial charge in [0.1, 0.15) is 0 Å². The van der Waals surface area contributed by atoms with E-state index in [9.17, 15) is 0 Å². The maximum absolute atomic E-state index is 4.85. The molecule has 1 aliphatic heterocycles. The predicted molar refractivity (Wildman–Crippen MR) is 72.2 cm³/mol. The molecular weight excluding hydrogens is 208 g/mol. The number of aromatic nitrogens is 1. The summed E-state index contributed by atoms with van der Waals surface area (Å²) in [5, 5.41) is 0. The molecule has 0 aromatic carbocycles. The number of pyridine rings is 1. The van der Waals surface area contributed by atoms with Crippen molar-refractivity contribution < 1.29 is 0 Å². The van der Waals surface area contributed by atoms with Crippen molar-refractivity contribution in [2.45, 2.75) is 52.5 Å². The first-order valence-electron chi connectivity index (χ1n) is 6.72. The monoisotopic (exact) mass is 232 g/mol. The standard InChI is InChI=1S/C15H24N2/c1-5-9-17-10-8-13-12(11-17)6-7-14(16-13)15(2,3)4/h6-7H,5,8-11H2,1-4H3. The van der Waals surface area contributed by atoms with Gasteiger partial charge in [-0.15, -0.1) is 0 Å². The van der Waals surface area contributed by atoms with Crippen LogP contribution in [0, 0.1) is 0 Å². The Morgan fingerprint density at radius 1 is 1.29 bits per heavy atom. The molecule has 0 spiro atoms. The quantitative estimate of drug-likeness (QED) is 0.778. The van der Waals surface area contributed by atoms with Crippen molar-refractivity contribution in [1.82, 2.24) is 9.88 Å². The zero-order valence-corrected chi connectivity index (χ0v) is 11.6. The van der Waals surface area contributed by atoms with Gasteiger partial charge in [0.2, 0.25) is 0 Å². The third-order valence-corrected chi connectivity index (χ3v) is 3.44. The average molecular weight is 232 g/mol. The summed E-state index contributed by atoms with van der Waals surface area (Å²) in [6, 6.07) is 4.49. The summed E-state index contributed by atoms with van der Waals surface area (Å²) in [6.07, 6.45) is 2.35. The van der Waals surface area contributed by atoms with Crippen LogP contribution in [0.2, 0.25) is 0 Å². The van der Waals surface area contributed by atoms with Gasteiger partial charge >= 0.3 is 0 Å². The van der Waals surface area contributed by atoms with Crippen LogP contribution in [-0.2, 0) is 18.4 Å². The van der Waals surface area contributed by atoms with Gasteiger partial charge in [-0.3, -0.25) is 9.88 Å². The van der Waals surface area contributed by atoms with Crippen molar-refractivity contribution in [2.24, 2.45) is 0 Å². The Bertz CT molecular complexity index is 390. The molecule has 1 aromatic heterocycles. The van der Waals surface area contributed by atoms with E-state index >= 15 is 0 Å². The van der Waals surface area contributed by atoms with E-state index in [0.717, 1.165) is 13.0 Å². The van der Waals surface area contributed by atoms with E-state index in [-0.39, 0.29) is 5.41 Å². The van der Waals surface area contributed by atoms with Crippen LogP contribution in [0.15, 0.2) is 12.1 Å². The van der Waals surface area contributed by atoms with E-state index in [1.165, 1.54) is 36.5 Å². The minimum Gasteiger partial charge on any atom is -0.299 e. The first-order chi connectivity index (χ1) is 8.00. The highest BCUT2D eigenvalue weighted by molar-refractivity contribution is 5.27. The summed E-state index contributed by atoms with van der Waals surface area (Å²) >= 11 is 0. The maximum Gasteiger partial charge on any atom is 0.0464 e. The molecule has 0 radical (unpaired) electrons. The summed E-state index contributed by atoms with van der Waals surface area (Å²) in [5.41, 5.74) is 4.14. The zero-order chi connectivity index (χ0) is 12.5. The minimum atomic E-state index is 0.162. The molecule has 2 rings (SSSR count). The fourth-order valence-corrected chi connectivity index (χ4v) is 2.40. The van der Waals surface area contributed by atoms with Crippen molar-refractivity contribution in [2.75, 3.05) is 13.1 Å². The van der Waals surface area contributed by atoms with Crippen LogP contribution in [0.3, 0.4) is 0 Å². The van der Waals surface area contributed by atoms with Crippen molar-refractivity contribution in [3.05, 3.63) is 29.1 Å². The largest absolute Gasteiger partial charge is 0.299 e. The number of fused-ring (bicyclic) bond motifs is 1. The lowest BCUT2D eigenvalue weighted by Crippen LogP contribution is -2.32. The molecule has 0 bridgehead atoms. The summed E-state index contributed by atoms with van der Waals surface area (Å²) in [6.45, 7) is 12.4. The normalized spacial score (nSPS) is 16.9. The first kappa shape index (κ1) is 12.6. The summed E-state index contributed by atoms with van der Waals surface area (Å²) in [4.78, 5) is 7.38. The second-order valence-corrected chi connectivity index (χ2v) is 6.08. The Morgan fingerprint density at radius 2 is 2.06 bits per heavy atom. The first-order valence-corrected chi connectivity index (χ1v) is 6.72. The van der Waals surface area contributed by atoms with Crippen LogP contribution in [0.25, 0.3) is 0 Å². The molecule has 0 saturated carbocycles. The Hall–Kier alpha value is -0.890. The molecule has 2 heterocycles. The summed E-state index contributed by atoms with van der Waals surface area (Å²) in [7, 11) is 0. The van der Waals surface area contributed by atoms with Gasteiger partial charge in [0.05, 0.1) is 0 Å². The van der Waals surface area contributed by atoms with E-state index in [1.54, 1.807) is 0 Å². The van der Waals surface area contributed by atoms with Gasteiger partial charge < -0.3 is 0 Å². The van der Waals surface area contributed by atoms with Gasteiger partial charge in [0.25, 0.3) is 0 Å². The van der Waals surface area contributed by atoms with Crippen molar-refractivity contribution in [1.29, 1.82) is 0 Å². The average Bonchev–Trinajstić information content (AvgIpc) is 2.27. The van der Waals surface area contributed by atoms with Crippen LogP contribution in [0.1, 0.15) is 51.1 Å². The second-order valence-electron chi connectivity index (χ2n) is 6.08. The van der Waals surface area contributed by atoms with Gasteiger partial charge in [-0.05, 0) is 24.6 Å². The van der Waals surface area contributed by atoms with E-state index < -0.39 is 0 Å². The minimum absolute atomic E-state index is 0.162. The Kier molecular flexibility index (Phi) is 3.53. The molecule has 0 amide bonds. The third-order valence-electron chi connectivity index (χ3n) is 3.44. The molecule has 0 N–H and O–H groups in total. The highest BCUT2D eigenvalue weighted by atomic mass is 15.1. The highest BCUT2D eigenvalue weighted by Gasteiger charge is 2.20. The Morgan fingerprint density at radius 3 is 2.71 bits per heavy atom. The van der Waals surface area contributed by atoms with Crippen molar-refractivity contribution >= 4 is 0 Å². The molecule has 0 aliphatic carbocycles. The highest BCUT2D eigenvalue weighted by Crippen LogP contribution is 2.24. The molecule has 94 valence electrons. The SMILES string of the molecule is CCCN1CCc2nc(C(C)(C)C)ccc2C1. The van der Waals surface area contributed by atoms with E-state index in [1.807, 2.05) is 0 Å². The fourth-order valence-electron chi connectivity index (χ4n) is 2.40. The third kappa shape index (κ3) is 2.86. The van der Waals surface area contributed by atoms with Crippen LogP contribution < -0.4 is 0 Å². The van der Waals surface area contributed by atoms with Crippen LogP contribution in [-0.4, -0.2) is 23.0 Å². The van der Waals surface area contributed by atoms with Gasteiger partial charge in [-0.2, -0.15) is 0 Å². The van der Waals surface area contributed by atoms with E-state index in [2.05, 4.69) is 44.7 Å². The van der Waals surface area contributed by atoms with Crippen LogP contribution in [0.4, 0.5) is 0 Å². The smallest absolute Gasteiger partial charge is 0.0464 e. The molecule has 2 nitrogen and oxygen atoms in total. The van der Waals surface area contributed by atoms with Crippen molar-refractivity contribution in [3.8, 4) is 0 Å². The zero-order valence-electron chi connectivity index (χ0n) is 11.6. The fraction of sp³-hybridized carbons (Fsp3) is 0.667. The van der Waals surface area contributed by atoms with Gasteiger partial charge in [-0.1, -0.05) is 33.8 Å². The second kappa shape index (κ2) is 4.77. The predicted octanol–water partition coefficient (Wildman–Crippen LogP) is 3.15. The molecule has 2 heteroatoms. The molecular formula is C15H24N2. The molecule has 0 unspecified atom stereocenters. The van der Waals surface area contributed by atoms with Gasteiger partial charge in [-0.25, -0.2) is 0 Å². The van der Waals surface area contributed by atoms with Gasteiger partial charge in [0, 0.05) is 36.3 Å². The van der Waals surface area contributed by atoms with Crippen LogP contribution >= 0.6 is 0 Å². The number of hydrogen-bond donors (Lipinski definition) is 0. The number of nitrogens with zero attached hydrogens (tertiary/aromatic N) is 2.